The molecule has 13 rings (SSSR count). The number of benzene rings is 8. The molecule has 0 saturated heterocycles. The first-order chi connectivity index (χ1) is 30.3. The summed E-state index contributed by atoms with van der Waals surface area (Å²) in [6.45, 7) is 0. The van der Waals surface area contributed by atoms with Crippen LogP contribution in [0.15, 0.2) is 218 Å². The van der Waals surface area contributed by atoms with Crippen molar-refractivity contribution < 1.29 is 0 Å². The summed E-state index contributed by atoms with van der Waals surface area (Å²) in [6.07, 6.45) is 13.1. The Hall–Kier alpha value is -7.00. The molecule has 1 spiro atoms. The van der Waals surface area contributed by atoms with Gasteiger partial charge in [0.1, 0.15) is 0 Å². The van der Waals surface area contributed by atoms with Crippen molar-refractivity contribution in [2.45, 2.75) is 29.7 Å². The lowest BCUT2D eigenvalue weighted by Crippen LogP contribution is -2.40. The second kappa shape index (κ2) is 13.5. The van der Waals surface area contributed by atoms with Crippen molar-refractivity contribution in [3.05, 3.63) is 263 Å². The third-order valence-electron chi connectivity index (χ3n) is 14.0. The summed E-state index contributed by atoms with van der Waals surface area (Å²) in [5.41, 5.74) is 18.2. The van der Waals surface area contributed by atoms with Crippen molar-refractivity contribution in [3.63, 3.8) is 0 Å². The Morgan fingerprint density at radius 1 is 0.475 bits per heavy atom. The maximum absolute atomic E-state index is 2.65. The fourth-order valence-corrected chi connectivity index (χ4v) is 12.5. The van der Waals surface area contributed by atoms with Gasteiger partial charge in [-0.05, 0) is 110 Å². The van der Waals surface area contributed by atoms with Crippen molar-refractivity contribution in [3.8, 4) is 22.3 Å². The average Bonchev–Trinajstić information content (AvgIpc) is 3.96. The lowest BCUT2D eigenvalue weighted by molar-refractivity contribution is 0.653. The molecule has 0 radical (unpaired) electrons. The van der Waals surface area contributed by atoms with Gasteiger partial charge in [-0.25, -0.2) is 0 Å². The van der Waals surface area contributed by atoms with Gasteiger partial charge in [-0.1, -0.05) is 182 Å². The van der Waals surface area contributed by atoms with Crippen molar-refractivity contribution >= 4 is 43.3 Å². The predicted octanol–water partition coefficient (Wildman–Crippen LogP) is 15.1. The molecule has 4 aliphatic carbocycles. The Bertz CT molecular complexity index is 3280. The van der Waals surface area contributed by atoms with E-state index in [1.807, 2.05) is 11.3 Å². The van der Waals surface area contributed by atoms with Crippen LogP contribution in [0.4, 0.5) is 5.69 Å². The molecule has 8 aromatic carbocycles. The van der Waals surface area contributed by atoms with Gasteiger partial charge in [0.25, 0.3) is 0 Å². The van der Waals surface area contributed by atoms with Crippen LogP contribution >= 0.6 is 11.3 Å². The molecular formula is C59H41NS. The highest BCUT2D eigenvalue weighted by molar-refractivity contribution is 7.25. The Balaban J connectivity index is 0.981. The Labute approximate surface area is 360 Å². The van der Waals surface area contributed by atoms with Crippen LogP contribution in [0, 0.1) is 0 Å². The van der Waals surface area contributed by atoms with E-state index >= 15 is 0 Å². The largest absolute Gasteiger partial charge is 0.334 e. The highest BCUT2D eigenvalue weighted by Gasteiger charge is 2.51. The van der Waals surface area contributed by atoms with Crippen LogP contribution in [0.5, 0.6) is 0 Å². The van der Waals surface area contributed by atoms with Gasteiger partial charge >= 0.3 is 0 Å². The molecule has 61 heavy (non-hydrogen) atoms. The molecule has 1 aromatic heterocycles. The summed E-state index contributed by atoms with van der Waals surface area (Å²) in [7, 11) is 0. The fraction of sp³-hybridized carbons (Fsp3) is 0.0847. The number of nitrogens with zero attached hydrogens (tertiary/aromatic N) is 1. The average molecular weight is 796 g/mol. The molecule has 0 fully saturated rings. The Kier molecular flexibility index (Phi) is 7.71. The SMILES string of the molecule is C1=CC(c2ccc3sc4ccccc4c3c2)CC=C1N(c1ccc2c(c1)-c1ccccc1C21c2ccccc2-c2ccccc21)C1C=Cc2ccccc2C1c1ccccc1. The predicted molar refractivity (Wildman–Crippen MR) is 257 cm³/mol. The molecule has 0 aliphatic heterocycles. The first-order valence-electron chi connectivity index (χ1n) is 21.6. The van der Waals surface area contributed by atoms with Crippen LogP contribution in [-0.2, 0) is 5.41 Å². The smallest absolute Gasteiger partial charge is 0.0725 e. The summed E-state index contributed by atoms with van der Waals surface area (Å²) < 4.78 is 2.71. The summed E-state index contributed by atoms with van der Waals surface area (Å²) in [5.74, 6) is 0.430. The van der Waals surface area contributed by atoms with E-state index in [-0.39, 0.29) is 17.4 Å². The second-order valence-corrected chi connectivity index (χ2v) is 18.1. The molecule has 3 atom stereocenters. The number of rotatable bonds is 5. The van der Waals surface area contributed by atoms with E-state index in [0.717, 1.165) is 6.42 Å². The minimum absolute atomic E-state index is 0.0369. The van der Waals surface area contributed by atoms with Crippen LogP contribution < -0.4 is 4.90 Å². The van der Waals surface area contributed by atoms with Gasteiger partial charge in [0.05, 0.1) is 11.5 Å². The molecule has 0 saturated carbocycles. The van der Waals surface area contributed by atoms with Gasteiger partial charge in [-0.15, -0.1) is 11.3 Å². The van der Waals surface area contributed by atoms with Crippen molar-refractivity contribution in [2.75, 3.05) is 4.90 Å². The molecule has 0 amide bonds. The first-order valence-corrected chi connectivity index (χ1v) is 22.4. The lowest BCUT2D eigenvalue weighted by atomic mass is 9.70. The summed E-state index contributed by atoms with van der Waals surface area (Å²) in [5, 5.41) is 2.72. The third-order valence-corrected chi connectivity index (χ3v) is 15.2. The van der Waals surface area contributed by atoms with E-state index in [0.29, 0.717) is 5.92 Å². The zero-order chi connectivity index (χ0) is 40.1. The lowest BCUT2D eigenvalue weighted by Gasteiger charge is -2.41. The normalized spacial score (nSPS) is 18.7. The Morgan fingerprint density at radius 2 is 1.11 bits per heavy atom. The van der Waals surface area contributed by atoms with E-state index in [4.69, 9.17) is 0 Å². The summed E-state index contributed by atoms with van der Waals surface area (Å²) >= 11 is 1.89. The third kappa shape index (κ3) is 5.06. The van der Waals surface area contributed by atoms with E-state index in [2.05, 4.69) is 223 Å². The van der Waals surface area contributed by atoms with Crippen molar-refractivity contribution in [1.82, 2.24) is 0 Å². The van der Waals surface area contributed by atoms with Gasteiger partial charge in [0, 0.05) is 43.4 Å². The van der Waals surface area contributed by atoms with Gasteiger partial charge in [-0.2, -0.15) is 0 Å². The van der Waals surface area contributed by atoms with E-state index in [1.165, 1.54) is 98.3 Å². The molecule has 0 bridgehead atoms. The number of hydrogen-bond acceptors (Lipinski definition) is 2. The zero-order valence-corrected chi connectivity index (χ0v) is 34.4. The van der Waals surface area contributed by atoms with E-state index in [1.54, 1.807) is 0 Å². The molecule has 1 nitrogen and oxygen atoms in total. The van der Waals surface area contributed by atoms with Crippen LogP contribution in [0.1, 0.15) is 62.8 Å². The molecule has 288 valence electrons. The molecule has 1 heterocycles. The molecule has 0 N–H and O–H groups in total. The summed E-state index contributed by atoms with van der Waals surface area (Å²) in [4.78, 5) is 2.65. The van der Waals surface area contributed by atoms with Gasteiger partial charge in [0.15, 0.2) is 0 Å². The van der Waals surface area contributed by atoms with Gasteiger partial charge in [0.2, 0.25) is 0 Å². The minimum Gasteiger partial charge on any atom is -0.334 e. The van der Waals surface area contributed by atoms with Crippen molar-refractivity contribution in [2.24, 2.45) is 0 Å². The second-order valence-electron chi connectivity index (χ2n) is 17.0. The first kappa shape index (κ1) is 34.8. The molecule has 2 heteroatoms. The van der Waals surface area contributed by atoms with Crippen LogP contribution in [-0.4, -0.2) is 6.04 Å². The topological polar surface area (TPSA) is 3.24 Å². The van der Waals surface area contributed by atoms with Crippen LogP contribution in [0.2, 0.25) is 0 Å². The highest BCUT2D eigenvalue weighted by atomic mass is 32.1. The minimum atomic E-state index is -0.370. The Morgan fingerprint density at radius 3 is 1.87 bits per heavy atom. The standard InChI is InChI=1S/C59H41NS/c1-2-15-40(16-3-1)58-44-17-5-4-14-39(44)28-34-55(58)60(42-30-26-38(27-31-42)41-29-35-57-50(36-41)48-21-9-13-25-56(48)61-57)43-32-33-54-49(37-43)47-20-8-12-24-53(47)59(54)51-22-10-6-18-45(51)46-19-7-11-23-52(46)59/h1-26,28-38,55,58H,27H2. The maximum atomic E-state index is 2.65. The molecular weight excluding hydrogens is 755 g/mol. The highest BCUT2D eigenvalue weighted by Crippen LogP contribution is 2.63. The zero-order valence-electron chi connectivity index (χ0n) is 33.6. The van der Waals surface area contributed by atoms with Gasteiger partial charge < -0.3 is 4.90 Å². The van der Waals surface area contributed by atoms with Crippen LogP contribution in [0.3, 0.4) is 0 Å². The van der Waals surface area contributed by atoms with E-state index < -0.39 is 0 Å². The molecule has 3 unspecified atom stereocenters. The number of anilines is 1. The van der Waals surface area contributed by atoms with Crippen LogP contribution in [0.25, 0.3) is 48.5 Å². The monoisotopic (exact) mass is 795 g/mol. The van der Waals surface area contributed by atoms with E-state index in [9.17, 15) is 0 Å². The number of fused-ring (bicyclic) bond motifs is 14. The summed E-state index contributed by atoms with van der Waals surface area (Å²) in [6, 6.07) is 70.8. The molecule has 9 aromatic rings. The quantitative estimate of drug-likeness (QED) is 0.168. The number of thiophene rings is 1. The van der Waals surface area contributed by atoms with Gasteiger partial charge in [-0.3, -0.25) is 0 Å². The number of allylic oxidation sites excluding steroid dienone is 3. The maximum Gasteiger partial charge on any atom is 0.0725 e. The molecule has 4 aliphatic rings. The fourth-order valence-electron chi connectivity index (χ4n) is 11.5. The number of hydrogen-bond donors (Lipinski definition) is 0. The van der Waals surface area contributed by atoms with Crippen molar-refractivity contribution in [1.29, 1.82) is 0 Å².